The minimum absolute atomic E-state index is 0.00678. The largest absolute Gasteiger partial charge is 0.507 e. The van der Waals surface area contributed by atoms with Crippen molar-refractivity contribution in [1.82, 2.24) is 10.3 Å². The van der Waals surface area contributed by atoms with Gasteiger partial charge in [0.25, 0.3) is 0 Å². The summed E-state index contributed by atoms with van der Waals surface area (Å²) in [6.07, 6.45) is -5.40. The van der Waals surface area contributed by atoms with Gasteiger partial charge >= 0.3 is 0 Å². The lowest BCUT2D eigenvalue weighted by atomic mass is 9.80. The Morgan fingerprint density at radius 1 is 1.00 bits per heavy atom. The number of nitrogens with one attached hydrogen (secondary N) is 1. The first-order valence-electron chi connectivity index (χ1n) is 13.6. The highest BCUT2D eigenvalue weighted by molar-refractivity contribution is 6.30. The number of benzene rings is 2. The van der Waals surface area contributed by atoms with Crippen molar-refractivity contribution >= 4 is 17.4 Å². The van der Waals surface area contributed by atoms with Crippen LogP contribution >= 0.6 is 0 Å². The number of aromatic hydroxyl groups is 1. The smallest absolute Gasteiger partial charge is 0.229 e. The number of rotatable bonds is 9. The Morgan fingerprint density at radius 2 is 1.74 bits per heavy atom. The standard InChI is InChI=1S/C30H33N3O10/c1-32-11-18-14(5-3-13-4-6-21(31)33-10-13)7-16-23(25(18)36)27(38)22-17(24(16)35)8-15(41-2)9-19(22)42-30-29(40)28(39)26(37)20(12-34)43-30/h4,6-10,20,26,28-30,32,34,36-37,39-40H,3,5,11-12H2,1-2H3,(H2,31,33)/t20-,26-,28+,29-,30-/m1/s1. The van der Waals surface area contributed by atoms with E-state index in [0.717, 1.165) is 5.56 Å². The number of aryl methyl sites for hydroxylation is 2. The van der Waals surface area contributed by atoms with Crippen LogP contribution in [0.1, 0.15) is 48.5 Å². The van der Waals surface area contributed by atoms with Gasteiger partial charge in [-0.1, -0.05) is 6.07 Å². The summed E-state index contributed by atoms with van der Waals surface area (Å²) >= 11 is 0. The van der Waals surface area contributed by atoms with Crippen LogP contribution in [0.15, 0.2) is 36.5 Å². The highest BCUT2D eigenvalue weighted by Crippen LogP contribution is 2.42. The number of carbonyl (C=O) groups is 2. The molecule has 1 fully saturated rings. The Balaban J connectivity index is 1.57. The number of nitrogen functional groups attached to an aromatic ring is 1. The van der Waals surface area contributed by atoms with Gasteiger partial charge in [-0.15, -0.1) is 0 Å². The number of hydrogen-bond donors (Lipinski definition) is 7. The van der Waals surface area contributed by atoms with Crippen molar-refractivity contribution in [1.29, 1.82) is 0 Å². The SMILES string of the molecule is CNCc1c(CCc2ccc(N)nc2)cc2c(c1O)C(=O)c1c(O[C@@H]3O[C@H](CO)[C@@H](O)[C@H](O)[C@H]3O)cc(OC)cc1C2=O. The molecule has 3 aromatic rings. The zero-order valence-electron chi connectivity index (χ0n) is 23.5. The van der Waals surface area contributed by atoms with E-state index in [2.05, 4.69) is 10.3 Å². The van der Waals surface area contributed by atoms with Gasteiger partial charge in [0.05, 0.1) is 24.8 Å². The molecule has 2 heterocycles. The van der Waals surface area contributed by atoms with Gasteiger partial charge in [-0.25, -0.2) is 4.98 Å². The van der Waals surface area contributed by atoms with Crippen LogP contribution in [0.3, 0.4) is 0 Å². The molecule has 1 aliphatic carbocycles. The highest BCUT2D eigenvalue weighted by Gasteiger charge is 2.46. The number of ketones is 2. The van der Waals surface area contributed by atoms with Crippen molar-refractivity contribution in [3.63, 3.8) is 0 Å². The van der Waals surface area contributed by atoms with E-state index in [1.807, 2.05) is 6.07 Å². The zero-order chi connectivity index (χ0) is 31.0. The number of ether oxygens (including phenoxy) is 3. The topological polar surface area (TPSA) is 214 Å². The second-order valence-corrected chi connectivity index (χ2v) is 10.4. The van der Waals surface area contributed by atoms with Gasteiger partial charge < -0.3 is 50.8 Å². The number of phenolic OH excluding ortho intramolecular Hbond substituents is 1. The Morgan fingerprint density at radius 3 is 2.40 bits per heavy atom. The predicted octanol–water partition coefficient (Wildman–Crippen LogP) is -0.163. The second kappa shape index (κ2) is 12.2. The van der Waals surface area contributed by atoms with E-state index in [1.54, 1.807) is 25.4 Å². The number of hydrogen-bond acceptors (Lipinski definition) is 13. The number of pyridine rings is 1. The fourth-order valence-electron chi connectivity index (χ4n) is 5.41. The van der Waals surface area contributed by atoms with E-state index >= 15 is 0 Å². The molecular formula is C30H33N3O10. The minimum atomic E-state index is -1.77. The predicted molar refractivity (Wildman–Crippen MR) is 151 cm³/mol. The number of phenols is 1. The zero-order valence-corrected chi connectivity index (χ0v) is 23.5. The maximum Gasteiger partial charge on any atom is 0.229 e. The van der Waals surface area contributed by atoms with Crippen molar-refractivity contribution in [2.45, 2.75) is 50.1 Å². The molecular weight excluding hydrogens is 562 g/mol. The van der Waals surface area contributed by atoms with Gasteiger partial charge in [-0.2, -0.15) is 0 Å². The van der Waals surface area contributed by atoms with Crippen LogP contribution < -0.4 is 20.5 Å². The quantitative estimate of drug-likeness (QED) is 0.134. The van der Waals surface area contributed by atoms with E-state index in [4.69, 9.17) is 19.9 Å². The Bertz CT molecular complexity index is 1540. The summed E-state index contributed by atoms with van der Waals surface area (Å²) < 4.78 is 16.6. The van der Waals surface area contributed by atoms with E-state index in [1.165, 1.54) is 19.2 Å². The molecule has 5 atom stereocenters. The average Bonchev–Trinajstić information content (AvgIpc) is 3.00. The summed E-state index contributed by atoms with van der Waals surface area (Å²) in [5.74, 6) is -1.32. The Labute approximate surface area is 246 Å². The third-order valence-corrected chi connectivity index (χ3v) is 7.73. The summed E-state index contributed by atoms with van der Waals surface area (Å²) in [4.78, 5) is 32.0. The molecule has 43 heavy (non-hydrogen) atoms. The lowest BCUT2D eigenvalue weighted by Crippen LogP contribution is -2.60. The molecule has 2 aromatic carbocycles. The summed E-state index contributed by atoms with van der Waals surface area (Å²) in [5, 5.41) is 54.8. The number of nitrogens with two attached hydrogens (primary N) is 1. The average molecular weight is 596 g/mol. The fourth-order valence-corrected chi connectivity index (χ4v) is 5.41. The van der Waals surface area contributed by atoms with Crippen LogP contribution in [0, 0.1) is 0 Å². The van der Waals surface area contributed by atoms with Gasteiger partial charge in [0, 0.05) is 35.5 Å². The molecule has 228 valence electrons. The normalized spacial score (nSPS) is 23.1. The van der Waals surface area contributed by atoms with Crippen LogP contribution in [0.5, 0.6) is 17.2 Å². The van der Waals surface area contributed by atoms with Crippen molar-refractivity contribution in [2.24, 2.45) is 0 Å². The monoisotopic (exact) mass is 595 g/mol. The van der Waals surface area contributed by atoms with Crippen LogP contribution in [0.4, 0.5) is 5.82 Å². The maximum atomic E-state index is 14.0. The Hall–Kier alpha value is -4.11. The van der Waals surface area contributed by atoms with Crippen LogP contribution in [-0.4, -0.2) is 93.6 Å². The van der Waals surface area contributed by atoms with Crippen LogP contribution in [-0.2, 0) is 24.1 Å². The fraction of sp³-hybridized carbons (Fsp3) is 0.367. The summed E-state index contributed by atoms with van der Waals surface area (Å²) in [5.41, 5.74) is 7.22. The molecule has 0 unspecified atom stereocenters. The molecule has 1 saturated heterocycles. The van der Waals surface area contributed by atoms with Crippen LogP contribution in [0.25, 0.3) is 0 Å². The molecule has 1 aliphatic heterocycles. The van der Waals surface area contributed by atoms with Gasteiger partial charge in [0.1, 0.15) is 47.5 Å². The molecule has 13 nitrogen and oxygen atoms in total. The minimum Gasteiger partial charge on any atom is -0.507 e. The van der Waals surface area contributed by atoms with E-state index in [-0.39, 0.29) is 46.0 Å². The molecule has 0 saturated carbocycles. The molecule has 1 aromatic heterocycles. The number of aliphatic hydroxyl groups is 4. The molecule has 2 aliphatic rings. The molecule has 8 N–H and O–H groups in total. The molecule has 0 bridgehead atoms. The number of aromatic nitrogens is 1. The van der Waals surface area contributed by atoms with Crippen molar-refractivity contribution in [2.75, 3.05) is 26.5 Å². The molecule has 13 heteroatoms. The van der Waals surface area contributed by atoms with Gasteiger partial charge in [-0.3, -0.25) is 9.59 Å². The van der Waals surface area contributed by atoms with Crippen LogP contribution in [0.2, 0.25) is 0 Å². The van der Waals surface area contributed by atoms with Gasteiger partial charge in [0.15, 0.2) is 5.78 Å². The van der Waals surface area contributed by atoms with Crippen molar-refractivity contribution < 1.29 is 49.3 Å². The summed E-state index contributed by atoms with van der Waals surface area (Å²) in [7, 11) is 3.04. The number of nitrogens with zero attached hydrogens (tertiary/aromatic N) is 1. The molecule has 5 rings (SSSR count). The number of carbonyl (C=O) groups excluding carboxylic acids is 2. The molecule has 0 amide bonds. The first kappa shape index (κ1) is 30.4. The van der Waals surface area contributed by atoms with Gasteiger partial charge in [-0.05, 0) is 49.2 Å². The maximum absolute atomic E-state index is 14.0. The lowest BCUT2D eigenvalue weighted by Gasteiger charge is -2.39. The molecule has 0 radical (unpaired) electrons. The number of fused-ring (bicyclic) bond motifs is 2. The first-order chi connectivity index (χ1) is 20.6. The number of anilines is 1. The summed E-state index contributed by atoms with van der Waals surface area (Å²) in [6, 6.07) is 7.80. The number of methoxy groups -OCH3 is 1. The van der Waals surface area contributed by atoms with E-state index in [9.17, 15) is 35.1 Å². The second-order valence-electron chi connectivity index (χ2n) is 10.4. The Kier molecular flexibility index (Phi) is 8.64. The van der Waals surface area contributed by atoms with E-state index < -0.39 is 48.9 Å². The molecule has 0 spiro atoms. The van der Waals surface area contributed by atoms with E-state index in [0.29, 0.717) is 29.8 Å². The first-order valence-corrected chi connectivity index (χ1v) is 13.6. The van der Waals surface area contributed by atoms with Crippen molar-refractivity contribution in [3.05, 3.63) is 75.5 Å². The lowest BCUT2D eigenvalue weighted by molar-refractivity contribution is -0.277. The third-order valence-electron chi connectivity index (χ3n) is 7.73. The highest BCUT2D eigenvalue weighted by atomic mass is 16.7. The number of aliphatic hydroxyl groups excluding tert-OH is 4. The summed E-state index contributed by atoms with van der Waals surface area (Å²) in [6.45, 7) is -0.481. The third kappa shape index (κ3) is 5.54. The van der Waals surface area contributed by atoms with Gasteiger partial charge in [0.2, 0.25) is 12.1 Å². The van der Waals surface area contributed by atoms with Crippen molar-refractivity contribution in [3.8, 4) is 17.2 Å².